The first-order valence-electron chi connectivity index (χ1n) is 11.8. The molecule has 1 unspecified atom stereocenters. The maximum absolute atomic E-state index is 13.2. The zero-order chi connectivity index (χ0) is 24.7. The van der Waals surface area contributed by atoms with Crippen LogP contribution in [-0.4, -0.2) is 45.1 Å². The molecule has 0 radical (unpaired) electrons. The Morgan fingerprint density at radius 3 is 2.47 bits per heavy atom. The number of amides is 1. The molecule has 1 aliphatic carbocycles. The molecule has 1 atom stereocenters. The lowest BCUT2D eigenvalue weighted by atomic mass is 9.92. The van der Waals surface area contributed by atoms with E-state index in [0.717, 1.165) is 16.6 Å². The number of carbonyl (C=O) groups excluding carboxylic acids is 1. The second kappa shape index (κ2) is 8.96. The first-order chi connectivity index (χ1) is 16.0. The molecule has 2 aromatic carbocycles. The van der Waals surface area contributed by atoms with Gasteiger partial charge in [0.05, 0.1) is 24.7 Å². The predicted octanol–water partition coefficient (Wildman–Crippen LogP) is 4.42. The number of aromatic nitrogens is 1. The van der Waals surface area contributed by atoms with E-state index in [2.05, 4.69) is 36.7 Å². The summed E-state index contributed by atoms with van der Waals surface area (Å²) in [6, 6.07) is 12.5. The summed E-state index contributed by atoms with van der Waals surface area (Å²) in [6.07, 6.45) is 0.758. The molecule has 1 amide bonds. The van der Waals surface area contributed by atoms with Crippen molar-refractivity contribution in [3.05, 3.63) is 53.7 Å². The number of carbonyl (C=O) groups is 1. The third-order valence-electron chi connectivity index (χ3n) is 6.55. The Kier molecular flexibility index (Phi) is 6.36. The van der Waals surface area contributed by atoms with Gasteiger partial charge in [0.1, 0.15) is 0 Å². The van der Waals surface area contributed by atoms with Crippen molar-refractivity contribution in [3.63, 3.8) is 0 Å². The third-order valence-corrected chi connectivity index (χ3v) is 6.55. The van der Waals surface area contributed by atoms with Crippen molar-refractivity contribution >= 4 is 22.5 Å². The number of rotatable bonds is 8. The number of benzene rings is 2. The normalized spacial score (nSPS) is 15.9. The smallest absolute Gasteiger partial charge is 0.235 e. The molecule has 0 spiro atoms. The molecule has 0 saturated heterocycles. The zero-order valence-electron chi connectivity index (χ0n) is 20.3. The van der Waals surface area contributed by atoms with E-state index in [4.69, 9.17) is 4.74 Å². The number of aliphatic hydroxyl groups excluding tert-OH is 1. The van der Waals surface area contributed by atoms with Crippen molar-refractivity contribution in [2.45, 2.75) is 64.0 Å². The van der Waals surface area contributed by atoms with Crippen LogP contribution in [0.25, 0.3) is 10.9 Å². The van der Waals surface area contributed by atoms with Crippen molar-refractivity contribution in [1.29, 1.82) is 0 Å². The Morgan fingerprint density at radius 2 is 1.85 bits per heavy atom. The third kappa shape index (κ3) is 4.63. The van der Waals surface area contributed by atoms with E-state index in [1.54, 1.807) is 6.07 Å². The SMILES string of the molecule is CCOCC(O)Cn1c(C(C)(C)C)cc2cc(NC(=O)C3(c4ccc(O)c(O)c4)CC3)ccc21. The number of hydrogen-bond donors (Lipinski definition) is 4. The Hall–Kier alpha value is -3.03. The average molecular weight is 467 g/mol. The number of phenolic OH excluding ortho intramolecular Hbond substituents is 2. The van der Waals surface area contributed by atoms with Crippen LogP contribution >= 0.6 is 0 Å². The summed E-state index contributed by atoms with van der Waals surface area (Å²) in [6.45, 7) is 9.59. The summed E-state index contributed by atoms with van der Waals surface area (Å²) in [7, 11) is 0. The fraction of sp³-hybridized carbons (Fsp3) is 0.444. The first-order valence-corrected chi connectivity index (χ1v) is 11.8. The number of anilines is 1. The van der Waals surface area contributed by atoms with Crippen LogP contribution in [-0.2, 0) is 26.9 Å². The first kappa shape index (κ1) is 24.1. The molecule has 4 N–H and O–H groups in total. The summed E-state index contributed by atoms with van der Waals surface area (Å²) in [5.74, 6) is -0.545. The molecule has 1 aromatic heterocycles. The van der Waals surface area contributed by atoms with E-state index in [-0.39, 0.29) is 29.4 Å². The van der Waals surface area contributed by atoms with E-state index in [1.807, 2.05) is 25.1 Å². The zero-order valence-corrected chi connectivity index (χ0v) is 20.3. The van der Waals surface area contributed by atoms with Crippen LogP contribution in [0.5, 0.6) is 11.5 Å². The molecule has 4 rings (SSSR count). The van der Waals surface area contributed by atoms with Gasteiger partial charge in [0.25, 0.3) is 0 Å². The Bertz CT molecular complexity index is 1200. The van der Waals surface area contributed by atoms with E-state index >= 15 is 0 Å². The summed E-state index contributed by atoms with van der Waals surface area (Å²) in [4.78, 5) is 13.2. The van der Waals surface area contributed by atoms with Crippen LogP contribution in [0.4, 0.5) is 5.69 Å². The molecule has 1 aliphatic rings. The monoisotopic (exact) mass is 466 g/mol. The number of hydrogen-bond acceptors (Lipinski definition) is 5. The number of ether oxygens (including phenoxy) is 1. The van der Waals surface area contributed by atoms with Gasteiger partial charge in [0.2, 0.25) is 5.91 Å². The second-order valence-electron chi connectivity index (χ2n) is 10.2. The van der Waals surface area contributed by atoms with E-state index in [1.165, 1.54) is 12.1 Å². The molecule has 7 heteroatoms. The van der Waals surface area contributed by atoms with Crippen LogP contribution in [0.3, 0.4) is 0 Å². The minimum absolute atomic E-state index is 0.125. The van der Waals surface area contributed by atoms with Crippen LogP contribution in [0.2, 0.25) is 0 Å². The van der Waals surface area contributed by atoms with Gasteiger partial charge in [-0.15, -0.1) is 0 Å². The molecule has 1 saturated carbocycles. The molecule has 0 bridgehead atoms. The van der Waals surface area contributed by atoms with Crippen molar-refractivity contribution in [2.24, 2.45) is 0 Å². The average Bonchev–Trinajstić information content (AvgIpc) is 3.51. The molecular formula is C27H34N2O5. The molecule has 3 aromatic rings. The standard InChI is InChI=1S/C27H34N2O5/c1-5-34-16-20(30)15-29-21-8-7-19(12-17(21)13-24(29)26(2,3)4)28-25(33)27(10-11-27)18-6-9-22(31)23(32)14-18/h6-9,12-14,20,30-32H,5,10-11,15-16H2,1-4H3,(H,28,33). The number of fused-ring (bicyclic) bond motifs is 1. The number of phenols is 2. The molecule has 34 heavy (non-hydrogen) atoms. The topological polar surface area (TPSA) is 104 Å². The lowest BCUT2D eigenvalue weighted by Gasteiger charge is -2.23. The number of aliphatic hydroxyl groups is 1. The van der Waals surface area contributed by atoms with Crippen molar-refractivity contribution in [3.8, 4) is 11.5 Å². The number of nitrogens with zero attached hydrogens (tertiary/aromatic N) is 1. The quantitative estimate of drug-likeness (QED) is 0.368. The summed E-state index contributed by atoms with van der Waals surface area (Å²) < 4.78 is 7.52. The molecule has 182 valence electrons. The van der Waals surface area contributed by atoms with Crippen LogP contribution in [0, 0.1) is 0 Å². The maximum Gasteiger partial charge on any atom is 0.235 e. The highest BCUT2D eigenvalue weighted by Crippen LogP contribution is 2.50. The van der Waals surface area contributed by atoms with Gasteiger partial charge in [0.15, 0.2) is 11.5 Å². The van der Waals surface area contributed by atoms with E-state index in [0.29, 0.717) is 37.2 Å². The largest absolute Gasteiger partial charge is 0.504 e. The van der Waals surface area contributed by atoms with Gasteiger partial charge in [-0.05, 0) is 61.7 Å². The van der Waals surface area contributed by atoms with Gasteiger partial charge in [-0.1, -0.05) is 26.8 Å². The van der Waals surface area contributed by atoms with Crippen LogP contribution in [0.15, 0.2) is 42.5 Å². The fourth-order valence-electron chi connectivity index (χ4n) is 4.53. The number of nitrogens with one attached hydrogen (secondary N) is 1. The van der Waals surface area contributed by atoms with Gasteiger partial charge in [0, 0.05) is 34.3 Å². The predicted molar refractivity (Wildman–Crippen MR) is 132 cm³/mol. The lowest BCUT2D eigenvalue weighted by molar-refractivity contribution is -0.118. The minimum atomic E-state index is -0.688. The number of aromatic hydroxyl groups is 2. The van der Waals surface area contributed by atoms with Gasteiger partial charge >= 0.3 is 0 Å². The Labute approximate surface area is 200 Å². The van der Waals surface area contributed by atoms with Crippen molar-refractivity contribution in [2.75, 3.05) is 18.5 Å². The Balaban J connectivity index is 1.61. The highest BCUT2D eigenvalue weighted by Gasteiger charge is 2.51. The minimum Gasteiger partial charge on any atom is -0.504 e. The fourth-order valence-corrected chi connectivity index (χ4v) is 4.53. The summed E-state index contributed by atoms with van der Waals surface area (Å²) in [5, 5.41) is 34.0. The molecule has 7 nitrogen and oxygen atoms in total. The highest BCUT2D eigenvalue weighted by molar-refractivity contribution is 6.02. The van der Waals surface area contributed by atoms with Crippen molar-refractivity contribution < 1.29 is 24.9 Å². The van der Waals surface area contributed by atoms with Gasteiger partial charge in [-0.25, -0.2) is 0 Å². The van der Waals surface area contributed by atoms with Crippen LogP contribution in [0.1, 0.15) is 51.8 Å². The lowest BCUT2D eigenvalue weighted by Crippen LogP contribution is -2.27. The second-order valence-corrected chi connectivity index (χ2v) is 10.2. The van der Waals surface area contributed by atoms with Crippen LogP contribution < -0.4 is 5.32 Å². The summed E-state index contributed by atoms with van der Waals surface area (Å²) >= 11 is 0. The van der Waals surface area contributed by atoms with Gasteiger partial charge in [-0.3, -0.25) is 4.79 Å². The van der Waals surface area contributed by atoms with E-state index < -0.39 is 11.5 Å². The maximum atomic E-state index is 13.2. The van der Waals surface area contributed by atoms with Gasteiger partial charge in [-0.2, -0.15) is 0 Å². The molecule has 1 heterocycles. The molecule has 1 fully saturated rings. The Morgan fingerprint density at radius 1 is 1.12 bits per heavy atom. The highest BCUT2D eigenvalue weighted by atomic mass is 16.5. The van der Waals surface area contributed by atoms with E-state index in [9.17, 15) is 20.1 Å². The summed E-state index contributed by atoms with van der Waals surface area (Å²) in [5.41, 5.74) is 2.66. The molecule has 0 aliphatic heterocycles. The molecular weight excluding hydrogens is 432 g/mol. The van der Waals surface area contributed by atoms with Crippen molar-refractivity contribution in [1.82, 2.24) is 4.57 Å². The van der Waals surface area contributed by atoms with Gasteiger partial charge < -0.3 is 29.9 Å².